The normalized spacial score (nSPS) is 12.7. The maximum atomic E-state index is 13.2. The van der Waals surface area contributed by atoms with Gasteiger partial charge in [-0.2, -0.15) is 0 Å². The van der Waals surface area contributed by atoms with Crippen molar-refractivity contribution in [2.45, 2.75) is 32.9 Å². The first-order chi connectivity index (χ1) is 14.6. The summed E-state index contributed by atoms with van der Waals surface area (Å²) in [5, 5.41) is 12.9. The monoisotopic (exact) mass is 405 g/mol. The summed E-state index contributed by atoms with van der Waals surface area (Å²) in [5.41, 5.74) is 2.42. The molecule has 1 aromatic carbocycles. The lowest BCUT2D eigenvalue weighted by molar-refractivity contribution is 0.0929. The number of rotatable bonds is 8. The molecule has 7 nitrogen and oxygen atoms in total. The molecule has 0 saturated carbocycles. The van der Waals surface area contributed by atoms with Gasteiger partial charge in [-0.05, 0) is 48.1 Å². The highest BCUT2D eigenvalue weighted by Crippen LogP contribution is 2.23. The Bertz CT molecular complexity index is 1160. The van der Waals surface area contributed by atoms with Crippen LogP contribution in [0.15, 0.2) is 54.9 Å². The fraction of sp³-hybridized carbons (Fsp3) is 0.348. The van der Waals surface area contributed by atoms with Crippen molar-refractivity contribution in [1.82, 2.24) is 24.5 Å². The molecule has 0 unspecified atom stereocenters. The van der Waals surface area contributed by atoms with Crippen LogP contribution in [-0.2, 0) is 11.3 Å². The minimum Gasteiger partial charge on any atom is -0.383 e. The van der Waals surface area contributed by atoms with Crippen LogP contribution in [0.4, 0.5) is 0 Å². The van der Waals surface area contributed by atoms with Gasteiger partial charge in [0.25, 0.3) is 5.91 Å². The molecule has 1 atom stereocenters. The van der Waals surface area contributed by atoms with Gasteiger partial charge in [0, 0.05) is 37.1 Å². The summed E-state index contributed by atoms with van der Waals surface area (Å²) >= 11 is 0. The third-order valence-electron chi connectivity index (χ3n) is 5.24. The Morgan fingerprint density at radius 3 is 2.80 bits per heavy atom. The standard InChI is InChI=1S/C23H27N5O2/c1-16(2)14-19(22-26-25-21-6-4-5-10-28(21)22)24-23(29)18-8-7-17-9-11-27(12-13-30-3)20(17)15-18/h4-11,15-16,19H,12-14H2,1-3H3,(H,24,29)/t19-/m1/s1. The maximum Gasteiger partial charge on any atom is 0.251 e. The predicted molar refractivity (Wildman–Crippen MR) is 116 cm³/mol. The largest absolute Gasteiger partial charge is 0.383 e. The molecule has 0 aliphatic carbocycles. The summed E-state index contributed by atoms with van der Waals surface area (Å²) in [6, 6.07) is 13.4. The Balaban J connectivity index is 1.62. The summed E-state index contributed by atoms with van der Waals surface area (Å²) < 4.78 is 9.23. The van der Waals surface area contributed by atoms with Gasteiger partial charge in [-0.3, -0.25) is 9.20 Å². The molecular formula is C23H27N5O2. The maximum absolute atomic E-state index is 13.2. The molecule has 0 saturated heterocycles. The molecule has 0 aliphatic rings. The number of ether oxygens (including phenoxy) is 1. The highest BCUT2D eigenvalue weighted by molar-refractivity contribution is 5.98. The third kappa shape index (κ3) is 4.07. The number of carbonyl (C=O) groups excluding carboxylic acids is 1. The van der Waals surface area contributed by atoms with Crippen molar-refractivity contribution in [1.29, 1.82) is 0 Å². The minimum absolute atomic E-state index is 0.116. The van der Waals surface area contributed by atoms with Crippen molar-refractivity contribution in [3.63, 3.8) is 0 Å². The first-order valence-corrected chi connectivity index (χ1v) is 10.2. The lowest BCUT2D eigenvalue weighted by Crippen LogP contribution is -2.31. The second kappa shape index (κ2) is 8.67. The van der Waals surface area contributed by atoms with Crippen LogP contribution in [0.25, 0.3) is 16.6 Å². The Kier molecular flexibility index (Phi) is 5.81. The number of pyridine rings is 1. The quantitative estimate of drug-likeness (QED) is 0.483. The molecule has 1 amide bonds. The van der Waals surface area contributed by atoms with Gasteiger partial charge in [0.1, 0.15) is 0 Å². The van der Waals surface area contributed by atoms with E-state index in [1.807, 2.05) is 53.2 Å². The molecule has 3 heterocycles. The van der Waals surface area contributed by atoms with E-state index >= 15 is 0 Å². The smallest absolute Gasteiger partial charge is 0.251 e. The van der Waals surface area contributed by atoms with Gasteiger partial charge >= 0.3 is 0 Å². The van der Waals surface area contributed by atoms with Gasteiger partial charge in [-0.15, -0.1) is 10.2 Å². The van der Waals surface area contributed by atoms with Gasteiger partial charge in [-0.1, -0.05) is 26.0 Å². The lowest BCUT2D eigenvalue weighted by Gasteiger charge is -2.19. The van der Waals surface area contributed by atoms with E-state index < -0.39 is 0 Å². The molecule has 3 aromatic heterocycles. The second-order valence-corrected chi connectivity index (χ2v) is 7.92. The van der Waals surface area contributed by atoms with Gasteiger partial charge in [0.15, 0.2) is 11.5 Å². The summed E-state index contributed by atoms with van der Waals surface area (Å²) in [6.45, 7) is 5.64. The molecule has 0 radical (unpaired) electrons. The number of amides is 1. The second-order valence-electron chi connectivity index (χ2n) is 7.92. The number of methoxy groups -OCH3 is 1. The number of aromatic nitrogens is 4. The van der Waals surface area contributed by atoms with Crippen molar-refractivity contribution in [3.05, 3.63) is 66.2 Å². The molecule has 1 N–H and O–H groups in total. The summed E-state index contributed by atoms with van der Waals surface area (Å²) in [6.07, 6.45) is 4.72. The van der Waals surface area contributed by atoms with Crippen LogP contribution in [-0.4, -0.2) is 38.8 Å². The molecule has 7 heteroatoms. The highest BCUT2D eigenvalue weighted by Gasteiger charge is 2.22. The molecule has 4 aromatic rings. The SMILES string of the molecule is COCCn1ccc2ccc(C(=O)N[C@H](CC(C)C)c3nnc4ccccn34)cc21. The van der Waals surface area contributed by atoms with Crippen LogP contribution in [0.1, 0.15) is 42.5 Å². The zero-order chi connectivity index (χ0) is 21.1. The van der Waals surface area contributed by atoms with Crippen LogP contribution in [0.5, 0.6) is 0 Å². The number of hydrogen-bond acceptors (Lipinski definition) is 4. The minimum atomic E-state index is -0.231. The Hall–Kier alpha value is -3.19. The highest BCUT2D eigenvalue weighted by atomic mass is 16.5. The summed E-state index contributed by atoms with van der Waals surface area (Å²) in [5.74, 6) is 1.02. The van der Waals surface area contributed by atoms with E-state index in [4.69, 9.17) is 4.74 Å². The Morgan fingerprint density at radius 1 is 1.13 bits per heavy atom. The van der Waals surface area contributed by atoms with Gasteiger partial charge in [-0.25, -0.2) is 0 Å². The zero-order valence-electron chi connectivity index (χ0n) is 17.6. The topological polar surface area (TPSA) is 73.4 Å². The predicted octanol–water partition coefficient (Wildman–Crippen LogP) is 3.85. The molecule has 0 spiro atoms. The fourth-order valence-corrected chi connectivity index (χ4v) is 3.75. The summed E-state index contributed by atoms with van der Waals surface area (Å²) in [4.78, 5) is 13.2. The van der Waals surface area contributed by atoms with E-state index in [0.29, 0.717) is 18.1 Å². The molecule has 0 bridgehead atoms. The average molecular weight is 406 g/mol. The van der Waals surface area contributed by atoms with Crippen LogP contribution >= 0.6 is 0 Å². The van der Waals surface area contributed by atoms with Crippen molar-refractivity contribution in [2.24, 2.45) is 5.92 Å². The van der Waals surface area contributed by atoms with E-state index in [0.717, 1.165) is 35.3 Å². The number of hydrogen-bond donors (Lipinski definition) is 1. The number of benzene rings is 1. The molecule has 156 valence electrons. The molecular weight excluding hydrogens is 378 g/mol. The first kappa shape index (κ1) is 20.1. The number of carbonyl (C=O) groups is 1. The molecule has 0 fully saturated rings. The number of nitrogens with zero attached hydrogens (tertiary/aromatic N) is 4. The molecule has 30 heavy (non-hydrogen) atoms. The van der Waals surface area contributed by atoms with Gasteiger partial charge in [0.05, 0.1) is 12.6 Å². The van der Waals surface area contributed by atoms with E-state index in [1.54, 1.807) is 7.11 Å². The average Bonchev–Trinajstić information content (AvgIpc) is 3.35. The molecule has 4 rings (SSSR count). The van der Waals surface area contributed by atoms with Crippen LogP contribution in [0.3, 0.4) is 0 Å². The number of nitrogens with one attached hydrogen (secondary N) is 1. The van der Waals surface area contributed by atoms with Crippen LogP contribution in [0.2, 0.25) is 0 Å². The third-order valence-corrected chi connectivity index (χ3v) is 5.24. The van der Waals surface area contributed by atoms with Crippen LogP contribution in [0, 0.1) is 5.92 Å². The van der Waals surface area contributed by atoms with Crippen molar-refractivity contribution >= 4 is 22.5 Å². The van der Waals surface area contributed by atoms with E-state index in [-0.39, 0.29) is 11.9 Å². The number of fused-ring (bicyclic) bond motifs is 2. The first-order valence-electron chi connectivity index (χ1n) is 10.2. The van der Waals surface area contributed by atoms with Crippen molar-refractivity contribution in [3.8, 4) is 0 Å². The van der Waals surface area contributed by atoms with E-state index in [2.05, 4.69) is 40.0 Å². The van der Waals surface area contributed by atoms with Crippen molar-refractivity contribution < 1.29 is 9.53 Å². The van der Waals surface area contributed by atoms with Crippen molar-refractivity contribution in [2.75, 3.05) is 13.7 Å². The summed E-state index contributed by atoms with van der Waals surface area (Å²) in [7, 11) is 1.69. The van der Waals surface area contributed by atoms with E-state index in [1.165, 1.54) is 0 Å². The zero-order valence-corrected chi connectivity index (χ0v) is 17.6. The Labute approximate surface area is 175 Å². The van der Waals surface area contributed by atoms with Crippen LogP contribution < -0.4 is 5.32 Å². The fourth-order valence-electron chi connectivity index (χ4n) is 3.75. The Morgan fingerprint density at radius 2 is 2.00 bits per heavy atom. The van der Waals surface area contributed by atoms with Gasteiger partial charge < -0.3 is 14.6 Å². The van der Waals surface area contributed by atoms with Gasteiger partial charge in [0.2, 0.25) is 0 Å². The van der Waals surface area contributed by atoms with E-state index in [9.17, 15) is 4.79 Å². The lowest BCUT2D eigenvalue weighted by atomic mass is 10.0. The molecule has 0 aliphatic heterocycles.